The molecular weight excluding hydrogens is 311 g/mol. The number of amides is 2. The topological polar surface area (TPSA) is 67.2 Å². The summed E-state index contributed by atoms with van der Waals surface area (Å²) in [6, 6.07) is 5.47. The maximum absolute atomic E-state index is 12.4. The van der Waals surface area contributed by atoms with Crippen LogP contribution in [0.1, 0.15) is 35.3 Å². The van der Waals surface area contributed by atoms with E-state index in [0.29, 0.717) is 6.07 Å². The highest BCUT2D eigenvalue weighted by molar-refractivity contribution is 5.88. The normalized spacial score (nSPS) is 12.8. The van der Waals surface area contributed by atoms with Crippen LogP contribution >= 0.6 is 0 Å². The zero-order valence-electron chi connectivity index (χ0n) is 12.8. The molecule has 2 rings (SSSR count). The van der Waals surface area contributed by atoms with Crippen LogP contribution in [-0.4, -0.2) is 11.2 Å². The summed E-state index contributed by atoms with van der Waals surface area (Å²) in [6.07, 6.45) is -4.62. The van der Waals surface area contributed by atoms with Crippen LogP contribution in [0.15, 0.2) is 28.8 Å². The highest BCUT2D eigenvalue weighted by Gasteiger charge is 2.35. The number of carbonyl (C=O) groups excluding carboxylic acids is 1. The van der Waals surface area contributed by atoms with E-state index >= 15 is 0 Å². The Hall–Kier alpha value is -2.51. The van der Waals surface area contributed by atoms with Crippen LogP contribution in [0.3, 0.4) is 0 Å². The van der Waals surface area contributed by atoms with Crippen LogP contribution in [-0.2, 0) is 6.18 Å². The number of benzene rings is 1. The van der Waals surface area contributed by atoms with E-state index in [1.807, 2.05) is 32.0 Å². The van der Waals surface area contributed by atoms with Gasteiger partial charge in [-0.05, 0) is 31.9 Å². The molecule has 5 nitrogen and oxygen atoms in total. The number of alkyl halides is 3. The number of nitrogens with one attached hydrogen (secondary N) is 2. The minimum absolute atomic E-state index is 0.320. The Balaban J connectivity index is 2.02. The molecule has 0 radical (unpaired) electrons. The van der Waals surface area contributed by atoms with E-state index in [0.717, 1.165) is 16.7 Å². The van der Waals surface area contributed by atoms with Gasteiger partial charge in [-0.15, -0.1) is 0 Å². The van der Waals surface area contributed by atoms with E-state index in [9.17, 15) is 18.0 Å². The molecule has 1 aromatic carbocycles. The van der Waals surface area contributed by atoms with Gasteiger partial charge in [0.25, 0.3) is 0 Å². The first-order chi connectivity index (χ1) is 10.7. The number of nitrogens with zero attached hydrogens (tertiary/aromatic N) is 1. The lowest BCUT2D eigenvalue weighted by molar-refractivity contribution is -0.142. The summed E-state index contributed by atoms with van der Waals surface area (Å²) < 4.78 is 41.7. The van der Waals surface area contributed by atoms with Gasteiger partial charge in [-0.2, -0.15) is 13.2 Å². The molecule has 8 heteroatoms. The SMILES string of the molecule is Cc1ccc(C)c([C@H](C)NC(=O)Nc2cc(C(F)(F)F)no2)c1. The van der Waals surface area contributed by atoms with Crippen molar-refractivity contribution >= 4 is 11.9 Å². The van der Waals surface area contributed by atoms with Crippen molar-refractivity contribution in [1.29, 1.82) is 0 Å². The number of hydrogen-bond donors (Lipinski definition) is 2. The van der Waals surface area contributed by atoms with Crippen molar-refractivity contribution in [2.24, 2.45) is 0 Å². The van der Waals surface area contributed by atoms with Gasteiger partial charge in [0.1, 0.15) is 0 Å². The van der Waals surface area contributed by atoms with Gasteiger partial charge >= 0.3 is 12.2 Å². The van der Waals surface area contributed by atoms with Crippen LogP contribution in [0, 0.1) is 13.8 Å². The van der Waals surface area contributed by atoms with Crippen LogP contribution in [0.25, 0.3) is 0 Å². The van der Waals surface area contributed by atoms with Crippen LogP contribution < -0.4 is 10.6 Å². The maximum atomic E-state index is 12.4. The Morgan fingerprint density at radius 3 is 2.57 bits per heavy atom. The minimum atomic E-state index is -4.62. The Kier molecular flexibility index (Phi) is 4.63. The lowest BCUT2D eigenvalue weighted by atomic mass is 10.0. The Morgan fingerprint density at radius 1 is 1.26 bits per heavy atom. The van der Waals surface area contributed by atoms with Gasteiger partial charge < -0.3 is 9.84 Å². The number of aromatic nitrogens is 1. The maximum Gasteiger partial charge on any atom is 0.436 e. The van der Waals surface area contributed by atoms with Gasteiger partial charge in [-0.3, -0.25) is 5.32 Å². The van der Waals surface area contributed by atoms with Gasteiger partial charge in [-0.1, -0.05) is 28.9 Å². The summed E-state index contributed by atoms with van der Waals surface area (Å²) >= 11 is 0. The van der Waals surface area contributed by atoms with Gasteiger partial charge in [0.15, 0.2) is 5.69 Å². The highest BCUT2D eigenvalue weighted by Crippen LogP contribution is 2.29. The molecule has 0 saturated heterocycles. The molecule has 0 aliphatic carbocycles. The van der Waals surface area contributed by atoms with Crippen molar-refractivity contribution in [2.45, 2.75) is 33.0 Å². The molecule has 23 heavy (non-hydrogen) atoms. The minimum Gasteiger partial charge on any atom is -0.338 e. The molecular formula is C15H16F3N3O2. The average molecular weight is 327 g/mol. The molecule has 0 aliphatic heterocycles. The smallest absolute Gasteiger partial charge is 0.338 e. The fourth-order valence-electron chi connectivity index (χ4n) is 2.12. The molecule has 0 fully saturated rings. The third-order valence-corrected chi connectivity index (χ3v) is 3.29. The average Bonchev–Trinajstić information content (AvgIpc) is 2.89. The molecule has 2 aromatic rings. The van der Waals surface area contributed by atoms with Crippen molar-refractivity contribution in [1.82, 2.24) is 10.5 Å². The number of anilines is 1. The van der Waals surface area contributed by atoms with Crippen LogP contribution in [0.2, 0.25) is 0 Å². The van der Waals surface area contributed by atoms with Gasteiger partial charge in [0.05, 0.1) is 6.04 Å². The van der Waals surface area contributed by atoms with Gasteiger partial charge in [0, 0.05) is 6.07 Å². The number of hydrogen-bond acceptors (Lipinski definition) is 3. The molecule has 0 saturated carbocycles. The highest BCUT2D eigenvalue weighted by atomic mass is 19.4. The number of halogens is 3. The van der Waals surface area contributed by atoms with Crippen molar-refractivity contribution in [3.05, 3.63) is 46.6 Å². The van der Waals surface area contributed by atoms with E-state index < -0.39 is 17.9 Å². The Morgan fingerprint density at radius 2 is 1.96 bits per heavy atom. The molecule has 1 aromatic heterocycles. The third-order valence-electron chi connectivity index (χ3n) is 3.29. The number of urea groups is 1. The molecule has 0 unspecified atom stereocenters. The van der Waals surface area contributed by atoms with Crippen LogP contribution in [0.5, 0.6) is 0 Å². The molecule has 124 valence electrons. The first-order valence-electron chi connectivity index (χ1n) is 6.85. The molecule has 0 spiro atoms. The van der Waals surface area contributed by atoms with Gasteiger partial charge in [0.2, 0.25) is 5.88 Å². The predicted octanol–water partition coefficient (Wildman–Crippen LogP) is 4.19. The van der Waals surface area contributed by atoms with Crippen molar-refractivity contribution < 1.29 is 22.5 Å². The van der Waals surface area contributed by atoms with Crippen molar-refractivity contribution in [3.8, 4) is 0 Å². The monoisotopic (exact) mass is 327 g/mol. The molecule has 2 N–H and O–H groups in total. The zero-order chi connectivity index (χ0) is 17.2. The van der Waals surface area contributed by atoms with E-state index in [2.05, 4.69) is 20.3 Å². The van der Waals surface area contributed by atoms with E-state index in [-0.39, 0.29) is 11.9 Å². The lowest BCUT2D eigenvalue weighted by Gasteiger charge is -2.17. The lowest BCUT2D eigenvalue weighted by Crippen LogP contribution is -2.31. The number of carbonyl (C=O) groups is 1. The standard InChI is InChI=1S/C15H16F3N3O2/c1-8-4-5-9(2)11(6-8)10(3)19-14(22)20-13-7-12(21-23-13)15(16,17)18/h4-7,10H,1-3H3,(H2,19,20,22)/t10-/m0/s1. The Bertz CT molecular complexity index is 710. The summed E-state index contributed by atoms with van der Waals surface area (Å²) in [6.45, 7) is 5.63. The fourth-order valence-corrected chi connectivity index (χ4v) is 2.12. The molecule has 0 aliphatic rings. The summed E-state index contributed by atoms with van der Waals surface area (Å²) in [5.74, 6) is -0.372. The molecule has 1 atom stereocenters. The van der Waals surface area contributed by atoms with Crippen molar-refractivity contribution in [3.63, 3.8) is 0 Å². The zero-order valence-corrected chi connectivity index (χ0v) is 12.8. The Labute approximate surface area is 130 Å². The largest absolute Gasteiger partial charge is 0.436 e. The van der Waals surface area contributed by atoms with E-state index in [1.54, 1.807) is 6.92 Å². The van der Waals surface area contributed by atoms with Crippen molar-refractivity contribution in [2.75, 3.05) is 5.32 Å². The second-order valence-electron chi connectivity index (χ2n) is 5.25. The molecule has 1 heterocycles. The molecule has 2 amide bonds. The van der Waals surface area contributed by atoms with E-state index in [4.69, 9.17) is 0 Å². The predicted molar refractivity (Wildman–Crippen MR) is 78.0 cm³/mol. The van der Waals surface area contributed by atoms with E-state index in [1.165, 1.54) is 0 Å². The first kappa shape index (κ1) is 16.9. The van der Waals surface area contributed by atoms with Crippen LogP contribution in [0.4, 0.5) is 23.8 Å². The summed E-state index contributed by atoms with van der Waals surface area (Å²) in [4.78, 5) is 11.9. The summed E-state index contributed by atoms with van der Waals surface area (Å²) in [7, 11) is 0. The summed E-state index contributed by atoms with van der Waals surface area (Å²) in [5, 5.41) is 7.69. The number of aryl methyl sites for hydroxylation is 2. The first-order valence-corrected chi connectivity index (χ1v) is 6.85. The summed E-state index contributed by atoms with van der Waals surface area (Å²) in [5.41, 5.74) is 1.77. The second-order valence-corrected chi connectivity index (χ2v) is 5.25. The quantitative estimate of drug-likeness (QED) is 0.888. The number of rotatable bonds is 3. The fraction of sp³-hybridized carbons (Fsp3) is 0.333. The molecule has 0 bridgehead atoms. The van der Waals surface area contributed by atoms with Gasteiger partial charge in [-0.25, -0.2) is 4.79 Å². The second kappa shape index (κ2) is 6.31. The third kappa shape index (κ3) is 4.24.